The minimum Gasteiger partial charge on any atom is -0.381 e. The fraction of sp³-hybridized carbons (Fsp3) is 0.222. The summed E-state index contributed by atoms with van der Waals surface area (Å²) in [6, 6.07) is 1.41. The molecule has 0 saturated heterocycles. The van der Waals surface area contributed by atoms with E-state index in [4.69, 9.17) is 5.73 Å². The van der Waals surface area contributed by atoms with E-state index in [0.717, 1.165) is 17.5 Å². The van der Waals surface area contributed by atoms with Crippen LogP contribution in [0.1, 0.15) is 11.3 Å². The average molecular weight is 207 g/mol. The third-order valence-corrected chi connectivity index (χ3v) is 2.11. The van der Waals surface area contributed by atoms with Crippen LogP contribution in [0.5, 0.6) is 0 Å². The molecule has 15 heavy (non-hydrogen) atoms. The predicted molar refractivity (Wildman–Crippen MR) is 52.5 cm³/mol. The summed E-state index contributed by atoms with van der Waals surface area (Å²) in [5, 5.41) is 7.54. The highest BCUT2D eigenvalue weighted by molar-refractivity contribution is 5.31. The Labute approximate surface area is 85.7 Å². The van der Waals surface area contributed by atoms with Crippen LogP contribution < -0.4 is 5.73 Å². The molecule has 2 N–H and O–H groups in total. The number of pyridine rings is 1. The molecule has 0 unspecified atom stereocenters. The van der Waals surface area contributed by atoms with Crippen molar-refractivity contribution >= 4 is 5.82 Å². The lowest BCUT2D eigenvalue weighted by atomic mass is 10.3. The van der Waals surface area contributed by atoms with Gasteiger partial charge in [-0.3, -0.25) is 4.98 Å². The molecular formula is C9H10FN5. The van der Waals surface area contributed by atoms with E-state index in [1.54, 1.807) is 10.9 Å². The number of hydrogen-bond donors (Lipinski definition) is 1. The normalized spacial score (nSPS) is 10.5. The van der Waals surface area contributed by atoms with Crippen LogP contribution >= 0.6 is 0 Å². The molecule has 0 fully saturated rings. The van der Waals surface area contributed by atoms with E-state index >= 15 is 0 Å². The van der Waals surface area contributed by atoms with Crippen LogP contribution in [0.2, 0.25) is 0 Å². The van der Waals surface area contributed by atoms with Gasteiger partial charge in [-0.05, 0) is 18.6 Å². The summed E-state index contributed by atoms with van der Waals surface area (Å²) in [7, 11) is 0. The first kappa shape index (κ1) is 9.57. The Balaban J connectivity index is 2.26. The van der Waals surface area contributed by atoms with E-state index in [2.05, 4.69) is 15.3 Å². The van der Waals surface area contributed by atoms with Crippen molar-refractivity contribution < 1.29 is 4.39 Å². The Morgan fingerprint density at radius 3 is 2.87 bits per heavy atom. The molecule has 0 aromatic carbocycles. The van der Waals surface area contributed by atoms with Crippen LogP contribution in [0.25, 0.3) is 0 Å². The number of aromatic nitrogens is 4. The summed E-state index contributed by atoms with van der Waals surface area (Å²) >= 11 is 0. The van der Waals surface area contributed by atoms with Crippen LogP contribution in [0.3, 0.4) is 0 Å². The van der Waals surface area contributed by atoms with E-state index < -0.39 is 0 Å². The predicted octanol–water partition coefficient (Wildman–Crippen LogP) is 0.751. The first-order chi connectivity index (χ1) is 7.16. The number of nitrogen functional groups attached to an aromatic ring is 1. The first-order valence-electron chi connectivity index (χ1n) is 4.42. The molecule has 78 valence electrons. The number of nitrogens with two attached hydrogens (primary N) is 1. The largest absolute Gasteiger partial charge is 0.381 e. The molecule has 2 aromatic rings. The third-order valence-electron chi connectivity index (χ3n) is 2.11. The lowest BCUT2D eigenvalue weighted by Crippen LogP contribution is -2.05. The minimum absolute atomic E-state index is 0.363. The van der Waals surface area contributed by atoms with E-state index in [1.807, 2.05) is 6.92 Å². The molecule has 0 bridgehead atoms. The molecule has 2 aromatic heterocycles. The summed E-state index contributed by atoms with van der Waals surface area (Å²) < 4.78 is 14.4. The number of halogens is 1. The van der Waals surface area contributed by atoms with Gasteiger partial charge in [0.25, 0.3) is 0 Å². The van der Waals surface area contributed by atoms with Crippen LogP contribution in [0.4, 0.5) is 10.2 Å². The zero-order chi connectivity index (χ0) is 10.8. The van der Waals surface area contributed by atoms with Gasteiger partial charge in [0.2, 0.25) is 0 Å². The Hall–Kier alpha value is -1.98. The van der Waals surface area contributed by atoms with Gasteiger partial charge in [-0.2, -0.15) is 0 Å². The second-order valence-corrected chi connectivity index (χ2v) is 3.23. The fourth-order valence-corrected chi connectivity index (χ4v) is 1.24. The topological polar surface area (TPSA) is 69.6 Å². The van der Waals surface area contributed by atoms with Crippen LogP contribution in [0, 0.1) is 12.7 Å². The number of rotatable bonds is 2. The van der Waals surface area contributed by atoms with E-state index in [-0.39, 0.29) is 5.82 Å². The number of nitrogens with zero attached hydrogens (tertiary/aromatic N) is 4. The van der Waals surface area contributed by atoms with Gasteiger partial charge in [0.15, 0.2) is 5.82 Å². The number of anilines is 1. The number of hydrogen-bond acceptors (Lipinski definition) is 4. The van der Waals surface area contributed by atoms with Crippen molar-refractivity contribution in [1.29, 1.82) is 0 Å². The molecule has 0 aliphatic carbocycles. The lowest BCUT2D eigenvalue weighted by molar-refractivity contribution is 0.602. The van der Waals surface area contributed by atoms with Crippen molar-refractivity contribution in [3.8, 4) is 0 Å². The molecule has 0 saturated carbocycles. The van der Waals surface area contributed by atoms with Gasteiger partial charge in [-0.1, -0.05) is 5.21 Å². The van der Waals surface area contributed by atoms with Crippen molar-refractivity contribution in [2.45, 2.75) is 13.5 Å². The summed E-state index contributed by atoms with van der Waals surface area (Å²) in [4.78, 5) is 3.75. The summed E-state index contributed by atoms with van der Waals surface area (Å²) in [5.41, 5.74) is 7.03. The summed E-state index contributed by atoms with van der Waals surface area (Å²) in [6.45, 7) is 2.23. The molecular weight excluding hydrogens is 197 g/mol. The van der Waals surface area contributed by atoms with Crippen molar-refractivity contribution in [3.05, 3.63) is 35.5 Å². The van der Waals surface area contributed by atoms with Crippen molar-refractivity contribution in [3.63, 3.8) is 0 Å². The molecule has 0 radical (unpaired) electrons. The first-order valence-corrected chi connectivity index (χ1v) is 4.42. The van der Waals surface area contributed by atoms with Gasteiger partial charge in [0.05, 0.1) is 18.4 Å². The lowest BCUT2D eigenvalue weighted by Gasteiger charge is -2.02. The van der Waals surface area contributed by atoms with Crippen molar-refractivity contribution in [1.82, 2.24) is 20.0 Å². The SMILES string of the molecule is Cc1c(N)nnn1Cc1cncc(F)c1. The molecule has 0 amide bonds. The highest BCUT2D eigenvalue weighted by Gasteiger charge is 2.05. The maximum atomic E-state index is 12.8. The molecule has 2 heterocycles. The monoisotopic (exact) mass is 207 g/mol. The highest BCUT2D eigenvalue weighted by atomic mass is 19.1. The molecule has 0 aliphatic heterocycles. The quantitative estimate of drug-likeness (QED) is 0.788. The molecule has 5 nitrogen and oxygen atoms in total. The molecule has 6 heteroatoms. The van der Waals surface area contributed by atoms with E-state index in [0.29, 0.717) is 12.4 Å². The molecule has 0 aliphatic rings. The van der Waals surface area contributed by atoms with Gasteiger partial charge in [-0.25, -0.2) is 9.07 Å². The Morgan fingerprint density at radius 2 is 2.27 bits per heavy atom. The zero-order valence-electron chi connectivity index (χ0n) is 8.18. The van der Waals surface area contributed by atoms with Gasteiger partial charge in [-0.15, -0.1) is 5.10 Å². The minimum atomic E-state index is -0.363. The van der Waals surface area contributed by atoms with E-state index in [1.165, 1.54) is 6.07 Å². The summed E-state index contributed by atoms with van der Waals surface area (Å²) in [5.74, 6) is 0.0256. The highest BCUT2D eigenvalue weighted by Crippen LogP contribution is 2.08. The Kier molecular flexibility index (Phi) is 2.32. The smallest absolute Gasteiger partial charge is 0.168 e. The fourth-order valence-electron chi connectivity index (χ4n) is 1.24. The van der Waals surface area contributed by atoms with Gasteiger partial charge >= 0.3 is 0 Å². The third kappa shape index (κ3) is 1.93. The molecule has 0 atom stereocenters. The molecule has 0 spiro atoms. The second kappa shape index (κ2) is 3.64. The molecule has 2 rings (SSSR count). The Morgan fingerprint density at radius 1 is 1.47 bits per heavy atom. The van der Waals surface area contributed by atoms with Crippen LogP contribution in [-0.2, 0) is 6.54 Å². The standard InChI is InChI=1S/C9H10FN5/c1-6-9(11)13-14-15(6)5-7-2-8(10)4-12-3-7/h2-4H,5,11H2,1H3. The van der Waals surface area contributed by atoms with Gasteiger partial charge in [0.1, 0.15) is 5.82 Å². The van der Waals surface area contributed by atoms with Crippen LogP contribution in [-0.4, -0.2) is 20.0 Å². The van der Waals surface area contributed by atoms with E-state index in [9.17, 15) is 4.39 Å². The van der Waals surface area contributed by atoms with Gasteiger partial charge in [0, 0.05) is 6.20 Å². The van der Waals surface area contributed by atoms with Gasteiger partial charge < -0.3 is 5.73 Å². The maximum Gasteiger partial charge on any atom is 0.168 e. The zero-order valence-corrected chi connectivity index (χ0v) is 8.18. The van der Waals surface area contributed by atoms with Crippen molar-refractivity contribution in [2.24, 2.45) is 0 Å². The average Bonchev–Trinajstić information content (AvgIpc) is 2.50. The second-order valence-electron chi connectivity index (χ2n) is 3.23. The maximum absolute atomic E-state index is 12.8. The van der Waals surface area contributed by atoms with Crippen LogP contribution in [0.15, 0.2) is 18.5 Å². The summed E-state index contributed by atoms with van der Waals surface area (Å²) in [6.07, 6.45) is 2.74. The van der Waals surface area contributed by atoms with Crippen molar-refractivity contribution in [2.75, 3.05) is 5.73 Å². The Bertz CT molecular complexity index is 479.